The van der Waals surface area contributed by atoms with Crippen molar-refractivity contribution in [3.05, 3.63) is 54.3 Å². The number of amides is 1. The first-order valence-corrected chi connectivity index (χ1v) is 8.77. The summed E-state index contributed by atoms with van der Waals surface area (Å²) < 4.78 is 40.3. The SMILES string of the molecule is CC(C)(C)C(=O)Nc1ccc(NS(=O)(=O)c2ccccc2F)cc1. The molecule has 2 aromatic rings. The molecule has 0 atom stereocenters. The topological polar surface area (TPSA) is 75.3 Å². The van der Waals surface area contributed by atoms with Crippen molar-refractivity contribution in [3.63, 3.8) is 0 Å². The van der Waals surface area contributed by atoms with Gasteiger partial charge in [0.25, 0.3) is 10.0 Å². The van der Waals surface area contributed by atoms with Crippen LogP contribution >= 0.6 is 0 Å². The zero-order valence-electron chi connectivity index (χ0n) is 13.6. The first kappa shape index (κ1) is 17.9. The van der Waals surface area contributed by atoms with Gasteiger partial charge in [-0.25, -0.2) is 12.8 Å². The number of benzene rings is 2. The summed E-state index contributed by atoms with van der Waals surface area (Å²) >= 11 is 0. The van der Waals surface area contributed by atoms with Crippen LogP contribution in [-0.4, -0.2) is 14.3 Å². The molecular weight excluding hydrogens is 331 g/mol. The third-order valence-electron chi connectivity index (χ3n) is 3.20. The Bertz CT molecular complexity index is 841. The molecule has 24 heavy (non-hydrogen) atoms. The van der Waals surface area contributed by atoms with Gasteiger partial charge < -0.3 is 5.32 Å². The molecule has 0 fully saturated rings. The molecule has 7 heteroatoms. The Kier molecular flexibility index (Phi) is 4.94. The molecule has 0 unspecified atom stereocenters. The van der Waals surface area contributed by atoms with Crippen LogP contribution in [-0.2, 0) is 14.8 Å². The molecule has 2 rings (SSSR count). The summed E-state index contributed by atoms with van der Waals surface area (Å²) in [6, 6.07) is 11.3. The standard InChI is InChI=1S/C17H19FN2O3S/c1-17(2,3)16(21)19-12-8-10-13(11-9-12)20-24(22,23)15-7-5-4-6-14(15)18/h4-11,20H,1-3H3,(H,19,21). The maximum Gasteiger partial charge on any atom is 0.264 e. The van der Waals surface area contributed by atoms with E-state index < -0.39 is 26.2 Å². The minimum Gasteiger partial charge on any atom is -0.326 e. The lowest BCUT2D eigenvalue weighted by molar-refractivity contribution is -0.123. The van der Waals surface area contributed by atoms with Gasteiger partial charge in [-0.2, -0.15) is 0 Å². The summed E-state index contributed by atoms with van der Waals surface area (Å²) in [6.07, 6.45) is 0. The molecule has 128 valence electrons. The quantitative estimate of drug-likeness (QED) is 0.884. The Morgan fingerprint density at radius 2 is 1.50 bits per heavy atom. The molecule has 2 N–H and O–H groups in total. The van der Waals surface area contributed by atoms with Crippen LogP contribution in [0.3, 0.4) is 0 Å². The van der Waals surface area contributed by atoms with E-state index in [0.29, 0.717) is 5.69 Å². The molecule has 1 amide bonds. The van der Waals surface area contributed by atoms with Crippen molar-refractivity contribution < 1.29 is 17.6 Å². The molecule has 0 aliphatic heterocycles. The fourth-order valence-electron chi connectivity index (χ4n) is 1.81. The smallest absolute Gasteiger partial charge is 0.264 e. The van der Waals surface area contributed by atoms with Gasteiger partial charge >= 0.3 is 0 Å². The summed E-state index contributed by atoms with van der Waals surface area (Å²) in [6.45, 7) is 5.37. The highest BCUT2D eigenvalue weighted by molar-refractivity contribution is 7.92. The third-order valence-corrected chi connectivity index (χ3v) is 4.62. The number of hydrogen-bond donors (Lipinski definition) is 2. The molecule has 0 aliphatic rings. The first-order valence-electron chi connectivity index (χ1n) is 7.28. The third kappa shape index (κ3) is 4.32. The second-order valence-corrected chi connectivity index (χ2v) is 7.97. The first-order chi connectivity index (χ1) is 11.1. The lowest BCUT2D eigenvalue weighted by atomic mass is 9.95. The molecule has 2 aromatic carbocycles. The predicted molar refractivity (Wildman–Crippen MR) is 91.7 cm³/mol. The maximum absolute atomic E-state index is 13.6. The minimum atomic E-state index is -4.02. The van der Waals surface area contributed by atoms with Crippen molar-refractivity contribution in [2.45, 2.75) is 25.7 Å². The number of halogens is 1. The molecule has 0 aliphatic carbocycles. The average molecular weight is 350 g/mol. The summed E-state index contributed by atoms with van der Waals surface area (Å²) in [5, 5.41) is 2.74. The Balaban J connectivity index is 2.15. The summed E-state index contributed by atoms with van der Waals surface area (Å²) in [5.74, 6) is -0.971. The van der Waals surface area contributed by atoms with Gasteiger partial charge in [-0.15, -0.1) is 0 Å². The summed E-state index contributed by atoms with van der Waals surface area (Å²) in [4.78, 5) is 11.5. The second-order valence-electron chi connectivity index (χ2n) is 6.32. The maximum atomic E-state index is 13.6. The van der Waals surface area contributed by atoms with Crippen LogP contribution in [0.25, 0.3) is 0 Å². The van der Waals surface area contributed by atoms with Gasteiger partial charge in [-0.3, -0.25) is 9.52 Å². The molecule has 0 saturated carbocycles. The highest BCUT2D eigenvalue weighted by Crippen LogP contribution is 2.22. The number of hydrogen-bond acceptors (Lipinski definition) is 3. The van der Waals surface area contributed by atoms with E-state index in [9.17, 15) is 17.6 Å². The molecule has 0 aromatic heterocycles. The van der Waals surface area contributed by atoms with Crippen LogP contribution in [0.15, 0.2) is 53.4 Å². The van der Waals surface area contributed by atoms with Crippen molar-refractivity contribution in [1.82, 2.24) is 0 Å². The Morgan fingerprint density at radius 1 is 0.958 bits per heavy atom. The van der Waals surface area contributed by atoms with Crippen molar-refractivity contribution in [1.29, 1.82) is 0 Å². The molecule has 0 saturated heterocycles. The number of sulfonamides is 1. The zero-order chi connectivity index (χ0) is 18.0. The molecule has 0 radical (unpaired) electrons. The average Bonchev–Trinajstić information content (AvgIpc) is 2.48. The fraction of sp³-hybridized carbons (Fsp3) is 0.235. The predicted octanol–water partition coefficient (Wildman–Crippen LogP) is 3.61. The van der Waals surface area contributed by atoms with Crippen LogP contribution < -0.4 is 10.0 Å². The lowest BCUT2D eigenvalue weighted by Gasteiger charge is -2.17. The lowest BCUT2D eigenvalue weighted by Crippen LogP contribution is -2.27. The van der Waals surface area contributed by atoms with Crippen molar-refractivity contribution >= 4 is 27.3 Å². The number of carbonyl (C=O) groups is 1. The second kappa shape index (κ2) is 6.60. The van der Waals surface area contributed by atoms with E-state index in [1.165, 1.54) is 30.3 Å². The van der Waals surface area contributed by atoms with Gasteiger partial charge in [0.2, 0.25) is 5.91 Å². The molecule has 0 heterocycles. The van der Waals surface area contributed by atoms with Crippen LogP contribution in [0.2, 0.25) is 0 Å². The normalized spacial score (nSPS) is 11.8. The Hall–Kier alpha value is -2.41. The van der Waals surface area contributed by atoms with E-state index in [2.05, 4.69) is 10.0 Å². The van der Waals surface area contributed by atoms with E-state index in [4.69, 9.17) is 0 Å². The summed E-state index contributed by atoms with van der Waals surface area (Å²) in [7, 11) is -4.02. The van der Waals surface area contributed by atoms with Crippen molar-refractivity contribution in [3.8, 4) is 0 Å². The zero-order valence-corrected chi connectivity index (χ0v) is 14.4. The van der Waals surface area contributed by atoms with Crippen LogP contribution in [0.4, 0.5) is 15.8 Å². The van der Waals surface area contributed by atoms with Gasteiger partial charge in [-0.1, -0.05) is 32.9 Å². The molecule has 0 bridgehead atoms. The number of rotatable bonds is 4. The van der Waals surface area contributed by atoms with Gasteiger partial charge in [-0.05, 0) is 36.4 Å². The van der Waals surface area contributed by atoms with E-state index in [1.807, 2.05) is 0 Å². The van der Waals surface area contributed by atoms with Crippen molar-refractivity contribution in [2.24, 2.45) is 5.41 Å². The Morgan fingerprint density at radius 3 is 2.04 bits per heavy atom. The monoisotopic (exact) mass is 350 g/mol. The molecule has 0 spiro atoms. The van der Waals surface area contributed by atoms with Gasteiger partial charge in [0.05, 0.1) is 0 Å². The van der Waals surface area contributed by atoms with Crippen molar-refractivity contribution in [2.75, 3.05) is 10.0 Å². The molecule has 5 nitrogen and oxygen atoms in total. The molecular formula is C17H19FN2O3S. The van der Waals surface area contributed by atoms with E-state index in [1.54, 1.807) is 32.9 Å². The van der Waals surface area contributed by atoms with Gasteiger partial charge in [0.1, 0.15) is 10.7 Å². The van der Waals surface area contributed by atoms with E-state index in [-0.39, 0.29) is 11.6 Å². The van der Waals surface area contributed by atoms with Crippen LogP contribution in [0.1, 0.15) is 20.8 Å². The summed E-state index contributed by atoms with van der Waals surface area (Å²) in [5.41, 5.74) is 0.279. The van der Waals surface area contributed by atoms with Crippen LogP contribution in [0.5, 0.6) is 0 Å². The fourth-order valence-corrected chi connectivity index (χ4v) is 2.95. The number of nitrogens with one attached hydrogen (secondary N) is 2. The number of carbonyl (C=O) groups excluding carboxylic acids is 1. The highest BCUT2D eigenvalue weighted by Gasteiger charge is 2.21. The minimum absolute atomic E-state index is 0.151. The highest BCUT2D eigenvalue weighted by atomic mass is 32.2. The largest absolute Gasteiger partial charge is 0.326 e. The van der Waals surface area contributed by atoms with Gasteiger partial charge in [0.15, 0.2) is 0 Å². The number of anilines is 2. The van der Waals surface area contributed by atoms with Crippen LogP contribution in [0, 0.1) is 11.2 Å². The van der Waals surface area contributed by atoms with Gasteiger partial charge in [0, 0.05) is 16.8 Å². The van der Waals surface area contributed by atoms with E-state index >= 15 is 0 Å². The Labute approximate surface area is 141 Å². The van der Waals surface area contributed by atoms with E-state index in [0.717, 1.165) is 6.07 Å².